The van der Waals surface area contributed by atoms with Gasteiger partial charge in [-0.25, -0.2) is 0 Å². The Bertz CT molecular complexity index is 988. The molecule has 0 aromatic heterocycles. The molecule has 1 atom stereocenters. The van der Waals surface area contributed by atoms with Crippen molar-refractivity contribution in [2.24, 2.45) is 0 Å². The Labute approximate surface area is 224 Å². The van der Waals surface area contributed by atoms with Gasteiger partial charge >= 0.3 is 0 Å². The van der Waals surface area contributed by atoms with Crippen LogP contribution in [0.4, 0.5) is 0 Å². The molecule has 0 aliphatic carbocycles. The number of benzene rings is 1. The fourth-order valence-corrected chi connectivity index (χ4v) is 4.86. The van der Waals surface area contributed by atoms with Crippen LogP contribution in [0, 0.1) is 0 Å². The number of likely N-dealkylation sites (N-methyl/N-ethyl adjacent to an activating group) is 2. The van der Waals surface area contributed by atoms with Crippen molar-refractivity contribution in [1.82, 2.24) is 19.6 Å². The van der Waals surface area contributed by atoms with Gasteiger partial charge in [0, 0.05) is 64.7 Å². The summed E-state index contributed by atoms with van der Waals surface area (Å²) in [5.41, 5.74) is 0.315. The average molecular weight is 535 g/mol. The number of nitrogens with zero attached hydrogens (tertiary/aromatic N) is 4. The van der Waals surface area contributed by atoms with E-state index in [0.29, 0.717) is 68.4 Å². The minimum atomic E-state index is -0.661. The van der Waals surface area contributed by atoms with E-state index in [0.717, 1.165) is 32.2 Å². The van der Waals surface area contributed by atoms with Gasteiger partial charge in [-0.15, -0.1) is 0 Å². The van der Waals surface area contributed by atoms with Crippen molar-refractivity contribution in [2.45, 2.75) is 57.9 Å². The van der Waals surface area contributed by atoms with Gasteiger partial charge in [-0.05, 0) is 57.2 Å². The summed E-state index contributed by atoms with van der Waals surface area (Å²) in [7, 11) is 3.34. The van der Waals surface area contributed by atoms with Gasteiger partial charge in [0.05, 0.1) is 12.2 Å². The Hall–Kier alpha value is -2.81. The fraction of sp³-hybridized carbons (Fsp3) is 0.630. The van der Waals surface area contributed by atoms with E-state index in [4.69, 9.17) is 16.3 Å². The summed E-state index contributed by atoms with van der Waals surface area (Å²) < 4.78 is 5.94. The predicted octanol–water partition coefficient (Wildman–Crippen LogP) is 3.05. The van der Waals surface area contributed by atoms with Crippen LogP contribution in [0.3, 0.4) is 0 Å². The van der Waals surface area contributed by atoms with Crippen molar-refractivity contribution in [2.75, 3.05) is 53.4 Å². The standard InChI is InChI=1S/C27H39ClN4O5/c1-20-26(35)29(2)13-4-5-14-31(25(34)12-17-32-16-8-9-24(32)33)15-6-7-18-37-23-11-10-21(28)19-22(23)27(36)30(20)3/h10-11,19-20H,4-9,12-18H2,1-3H3/t20-/m0/s1. The first-order chi connectivity index (χ1) is 17.7. The Kier molecular flexibility index (Phi) is 10.6. The summed E-state index contributed by atoms with van der Waals surface area (Å²) in [6.07, 6.45) is 4.70. The van der Waals surface area contributed by atoms with Gasteiger partial charge in [0.15, 0.2) is 0 Å². The van der Waals surface area contributed by atoms with E-state index in [1.807, 2.05) is 4.90 Å². The lowest BCUT2D eigenvalue weighted by Crippen LogP contribution is -2.47. The van der Waals surface area contributed by atoms with Crippen molar-refractivity contribution in [3.63, 3.8) is 0 Å². The zero-order chi connectivity index (χ0) is 26.9. The van der Waals surface area contributed by atoms with Gasteiger partial charge < -0.3 is 24.3 Å². The Morgan fingerprint density at radius 3 is 2.41 bits per heavy atom. The molecule has 204 valence electrons. The molecule has 2 heterocycles. The average Bonchev–Trinajstić information content (AvgIpc) is 3.30. The molecule has 0 radical (unpaired) electrons. The van der Waals surface area contributed by atoms with Crippen molar-refractivity contribution < 1.29 is 23.9 Å². The van der Waals surface area contributed by atoms with E-state index in [1.165, 1.54) is 4.90 Å². The fourth-order valence-electron chi connectivity index (χ4n) is 4.68. The lowest BCUT2D eigenvalue weighted by atomic mass is 10.1. The van der Waals surface area contributed by atoms with Crippen molar-refractivity contribution in [1.29, 1.82) is 0 Å². The first kappa shape index (κ1) is 28.8. The van der Waals surface area contributed by atoms with E-state index in [1.54, 1.807) is 49.0 Å². The summed E-state index contributed by atoms with van der Waals surface area (Å²) in [6.45, 7) is 5.01. The largest absolute Gasteiger partial charge is 0.493 e. The van der Waals surface area contributed by atoms with Gasteiger partial charge in [-0.3, -0.25) is 19.2 Å². The van der Waals surface area contributed by atoms with Crippen LogP contribution >= 0.6 is 11.6 Å². The highest BCUT2D eigenvalue weighted by atomic mass is 35.5. The molecule has 2 aliphatic heterocycles. The number of likely N-dealkylation sites (tertiary alicyclic amines) is 1. The molecule has 0 unspecified atom stereocenters. The molecule has 4 amide bonds. The maximum atomic E-state index is 13.2. The summed E-state index contributed by atoms with van der Waals surface area (Å²) in [4.78, 5) is 57.9. The molecule has 3 rings (SSSR count). The Balaban J connectivity index is 1.70. The molecule has 2 aliphatic rings. The van der Waals surface area contributed by atoms with Crippen LogP contribution in [-0.2, 0) is 14.4 Å². The number of halogens is 1. The Morgan fingerprint density at radius 1 is 1.00 bits per heavy atom. The molecule has 0 saturated carbocycles. The topological polar surface area (TPSA) is 90.5 Å². The van der Waals surface area contributed by atoms with Crippen LogP contribution in [-0.4, -0.2) is 103 Å². The number of fused-ring (bicyclic) bond motifs is 1. The molecule has 1 aromatic rings. The van der Waals surface area contributed by atoms with Gasteiger partial charge in [-0.1, -0.05) is 11.6 Å². The van der Waals surface area contributed by atoms with Crippen LogP contribution in [0.5, 0.6) is 5.75 Å². The molecular weight excluding hydrogens is 496 g/mol. The van der Waals surface area contributed by atoms with E-state index >= 15 is 0 Å². The summed E-state index contributed by atoms with van der Waals surface area (Å²) in [5, 5.41) is 0.413. The first-order valence-electron chi connectivity index (χ1n) is 13.2. The van der Waals surface area contributed by atoms with Crippen LogP contribution in [0.15, 0.2) is 18.2 Å². The predicted molar refractivity (Wildman–Crippen MR) is 142 cm³/mol. The lowest BCUT2D eigenvalue weighted by Gasteiger charge is -2.29. The number of amides is 4. The third-order valence-corrected chi connectivity index (χ3v) is 7.41. The highest BCUT2D eigenvalue weighted by Gasteiger charge is 2.28. The number of carbonyl (C=O) groups excluding carboxylic acids is 4. The SMILES string of the molecule is C[C@H]1C(=O)N(C)CCCCN(C(=O)CCN2CCCC2=O)CCCCOc2ccc(Cl)cc2C(=O)N1C. The lowest BCUT2D eigenvalue weighted by molar-refractivity contribution is -0.135. The molecular formula is C27H39ClN4O5. The number of ether oxygens (including phenoxy) is 1. The monoisotopic (exact) mass is 534 g/mol. The normalized spacial score (nSPS) is 21.1. The molecule has 9 nitrogen and oxygen atoms in total. The maximum absolute atomic E-state index is 13.2. The molecule has 1 aromatic carbocycles. The van der Waals surface area contributed by atoms with Crippen molar-refractivity contribution in [3.8, 4) is 5.75 Å². The smallest absolute Gasteiger partial charge is 0.258 e. The summed E-state index contributed by atoms with van der Waals surface area (Å²) in [6, 6.07) is 4.25. The van der Waals surface area contributed by atoms with Crippen molar-refractivity contribution in [3.05, 3.63) is 28.8 Å². The van der Waals surface area contributed by atoms with Crippen LogP contribution in [0.2, 0.25) is 5.02 Å². The van der Waals surface area contributed by atoms with E-state index in [2.05, 4.69) is 0 Å². The number of rotatable bonds is 3. The molecule has 1 saturated heterocycles. The molecule has 37 heavy (non-hydrogen) atoms. The zero-order valence-corrected chi connectivity index (χ0v) is 23.0. The quantitative estimate of drug-likeness (QED) is 0.594. The second-order valence-corrected chi connectivity index (χ2v) is 10.3. The van der Waals surface area contributed by atoms with Gasteiger partial charge in [0.1, 0.15) is 11.8 Å². The molecule has 0 N–H and O–H groups in total. The minimum absolute atomic E-state index is 0.0452. The Morgan fingerprint density at radius 2 is 1.70 bits per heavy atom. The van der Waals surface area contributed by atoms with Crippen LogP contribution in [0.1, 0.15) is 62.2 Å². The highest BCUT2D eigenvalue weighted by molar-refractivity contribution is 6.31. The van der Waals surface area contributed by atoms with Gasteiger partial charge in [0.2, 0.25) is 17.7 Å². The van der Waals surface area contributed by atoms with Crippen LogP contribution in [0.25, 0.3) is 0 Å². The first-order valence-corrected chi connectivity index (χ1v) is 13.6. The molecule has 0 bridgehead atoms. The summed E-state index contributed by atoms with van der Waals surface area (Å²) in [5.74, 6) is 0.101. The third-order valence-electron chi connectivity index (χ3n) is 7.18. The zero-order valence-electron chi connectivity index (χ0n) is 22.2. The van der Waals surface area contributed by atoms with Gasteiger partial charge in [-0.2, -0.15) is 0 Å². The maximum Gasteiger partial charge on any atom is 0.258 e. The van der Waals surface area contributed by atoms with Gasteiger partial charge in [0.25, 0.3) is 5.91 Å². The van der Waals surface area contributed by atoms with E-state index < -0.39 is 6.04 Å². The molecule has 1 fully saturated rings. The summed E-state index contributed by atoms with van der Waals surface area (Å²) >= 11 is 6.17. The minimum Gasteiger partial charge on any atom is -0.493 e. The highest BCUT2D eigenvalue weighted by Crippen LogP contribution is 2.25. The molecule has 0 spiro atoms. The second kappa shape index (κ2) is 13.7. The second-order valence-electron chi connectivity index (χ2n) is 9.87. The van der Waals surface area contributed by atoms with Crippen LogP contribution < -0.4 is 4.74 Å². The number of hydrogen-bond acceptors (Lipinski definition) is 5. The van der Waals surface area contributed by atoms with Crippen molar-refractivity contribution >= 4 is 35.2 Å². The number of hydrogen-bond donors (Lipinski definition) is 0. The van der Waals surface area contributed by atoms with E-state index in [9.17, 15) is 19.2 Å². The number of carbonyl (C=O) groups is 4. The molecule has 10 heteroatoms. The van der Waals surface area contributed by atoms with E-state index in [-0.39, 0.29) is 23.6 Å². The third kappa shape index (κ3) is 7.84.